The monoisotopic (exact) mass is 311 g/mol. The zero-order valence-corrected chi connectivity index (χ0v) is 14.4. The molecule has 1 saturated carbocycles. The van der Waals surface area contributed by atoms with Crippen LogP contribution < -0.4 is 5.73 Å². The standard InChI is InChI=1S/C16H29N3OS/c1-12-10-19(11-13(2)18(12)3)15(20)16(14(17)21)8-6-4-5-7-9-16/h12-13H,4-11H2,1-3H3,(H2,17,21). The maximum atomic E-state index is 13.2. The van der Waals surface area contributed by atoms with Crippen molar-refractivity contribution in [2.45, 2.75) is 64.5 Å². The van der Waals surface area contributed by atoms with Crippen molar-refractivity contribution in [2.24, 2.45) is 11.1 Å². The smallest absolute Gasteiger partial charge is 0.235 e. The van der Waals surface area contributed by atoms with Crippen molar-refractivity contribution in [1.82, 2.24) is 9.80 Å². The molecule has 1 heterocycles. The minimum absolute atomic E-state index is 0.184. The summed E-state index contributed by atoms with van der Waals surface area (Å²) in [5.41, 5.74) is 5.47. The number of hydrogen-bond donors (Lipinski definition) is 1. The molecule has 1 aliphatic carbocycles. The van der Waals surface area contributed by atoms with Gasteiger partial charge in [0.1, 0.15) is 0 Å². The second-order valence-corrected chi connectivity index (χ2v) is 7.37. The normalized spacial score (nSPS) is 30.7. The molecule has 0 radical (unpaired) electrons. The van der Waals surface area contributed by atoms with E-state index in [2.05, 4.69) is 25.8 Å². The lowest BCUT2D eigenvalue weighted by molar-refractivity contribution is -0.143. The van der Waals surface area contributed by atoms with Crippen LogP contribution in [0.1, 0.15) is 52.4 Å². The first-order valence-electron chi connectivity index (χ1n) is 8.19. The Labute approximate surface area is 134 Å². The zero-order valence-electron chi connectivity index (χ0n) is 13.6. The van der Waals surface area contributed by atoms with E-state index in [1.54, 1.807) is 0 Å². The number of nitrogens with zero attached hydrogens (tertiary/aromatic N) is 2. The van der Waals surface area contributed by atoms with Gasteiger partial charge in [-0.3, -0.25) is 9.69 Å². The maximum Gasteiger partial charge on any atom is 0.235 e. The predicted octanol–water partition coefficient (Wildman–Crippen LogP) is 2.16. The molecule has 0 bridgehead atoms. The summed E-state index contributed by atoms with van der Waals surface area (Å²) in [5, 5.41) is 0. The average molecular weight is 311 g/mol. The first-order chi connectivity index (χ1) is 9.88. The van der Waals surface area contributed by atoms with E-state index >= 15 is 0 Å². The van der Waals surface area contributed by atoms with Gasteiger partial charge in [0, 0.05) is 25.2 Å². The molecule has 4 nitrogen and oxygen atoms in total. The van der Waals surface area contributed by atoms with E-state index in [0.29, 0.717) is 17.1 Å². The highest BCUT2D eigenvalue weighted by atomic mass is 32.1. The number of hydrogen-bond acceptors (Lipinski definition) is 3. The SMILES string of the molecule is CC1CN(C(=O)C2(C(N)=S)CCCCCC2)CC(C)N1C. The quantitative estimate of drug-likeness (QED) is 0.627. The van der Waals surface area contributed by atoms with Crippen molar-refractivity contribution in [3.63, 3.8) is 0 Å². The molecule has 2 N–H and O–H groups in total. The summed E-state index contributed by atoms with van der Waals surface area (Å²) >= 11 is 5.34. The third-order valence-electron chi connectivity index (χ3n) is 5.49. The third kappa shape index (κ3) is 3.24. The van der Waals surface area contributed by atoms with Gasteiger partial charge >= 0.3 is 0 Å². The van der Waals surface area contributed by atoms with Crippen LogP contribution in [0.2, 0.25) is 0 Å². The summed E-state index contributed by atoms with van der Waals surface area (Å²) in [4.78, 5) is 18.0. The van der Waals surface area contributed by atoms with Crippen molar-refractivity contribution < 1.29 is 4.79 Å². The summed E-state index contributed by atoms with van der Waals surface area (Å²) in [6.07, 6.45) is 6.15. The summed E-state index contributed by atoms with van der Waals surface area (Å²) in [6, 6.07) is 0.763. The molecule has 2 aliphatic rings. The Morgan fingerprint density at radius 1 is 1.10 bits per heavy atom. The van der Waals surface area contributed by atoms with E-state index in [9.17, 15) is 4.79 Å². The number of piperazine rings is 1. The van der Waals surface area contributed by atoms with E-state index in [0.717, 1.165) is 38.8 Å². The molecule has 0 spiro atoms. The largest absolute Gasteiger partial charge is 0.392 e. The van der Waals surface area contributed by atoms with Gasteiger partial charge in [0.15, 0.2) is 0 Å². The van der Waals surface area contributed by atoms with Crippen LogP contribution in [-0.4, -0.2) is 52.9 Å². The van der Waals surface area contributed by atoms with E-state index in [-0.39, 0.29) is 5.91 Å². The van der Waals surface area contributed by atoms with Crippen molar-refractivity contribution >= 4 is 23.1 Å². The highest BCUT2D eigenvalue weighted by Gasteiger charge is 2.45. The zero-order chi connectivity index (χ0) is 15.6. The molecule has 0 aromatic carbocycles. The molecule has 0 aromatic heterocycles. The fraction of sp³-hybridized carbons (Fsp3) is 0.875. The number of rotatable bonds is 2. The Kier molecular flexibility index (Phi) is 5.25. The van der Waals surface area contributed by atoms with Crippen molar-refractivity contribution in [3.05, 3.63) is 0 Å². The van der Waals surface area contributed by atoms with Crippen molar-refractivity contribution in [3.8, 4) is 0 Å². The minimum atomic E-state index is -0.582. The number of amides is 1. The molecule has 2 rings (SSSR count). The number of carbonyl (C=O) groups excluding carboxylic acids is 1. The fourth-order valence-electron chi connectivity index (χ4n) is 3.77. The van der Waals surface area contributed by atoms with Crippen LogP contribution in [0, 0.1) is 5.41 Å². The molecule has 2 atom stereocenters. The molecule has 120 valence electrons. The Morgan fingerprint density at radius 3 is 2.00 bits per heavy atom. The second-order valence-electron chi connectivity index (χ2n) is 6.93. The Morgan fingerprint density at radius 2 is 1.57 bits per heavy atom. The van der Waals surface area contributed by atoms with Gasteiger partial charge in [0.2, 0.25) is 5.91 Å². The lowest BCUT2D eigenvalue weighted by Crippen LogP contribution is -2.60. The molecule has 1 amide bonds. The fourth-order valence-corrected chi connectivity index (χ4v) is 4.06. The number of thiocarbonyl (C=S) groups is 1. The Balaban J connectivity index is 2.20. The molecular formula is C16H29N3OS. The molecule has 21 heavy (non-hydrogen) atoms. The van der Waals surface area contributed by atoms with Gasteiger partial charge in [-0.2, -0.15) is 0 Å². The van der Waals surface area contributed by atoms with Crippen LogP contribution in [0.3, 0.4) is 0 Å². The Bertz CT molecular complexity index is 392. The van der Waals surface area contributed by atoms with Gasteiger partial charge in [-0.05, 0) is 33.7 Å². The highest BCUT2D eigenvalue weighted by molar-refractivity contribution is 7.80. The second kappa shape index (κ2) is 6.61. The van der Waals surface area contributed by atoms with Crippen molar-refractivity contribution in [1.29, 1.82) is 0 Å². The minimum Gasteiger partial charge on any atom is -0.392 e. The molecule has 2 fully saturated rings. The Hall–Kier alpha value is -0.680. The van der Waals surface area contributed by atoms with Crippen LogP contribution in [0.25, 0.3) is 0 Å². The van der Waals surface area contributed by atoms with Crippen LogP contribution in [0.15, 0.2) is 0 Å². The highest BCUT2D eigenvalue weighted by Crippen LogP contribution is 2.38. The number of nitrogens with two attached hydrogens (primary N) is 1. The summed E-state index contributed by atoms with van der Waals surface area (Å²) < 4.78 is 0. The molecule has 1 aliphatic heterocycles. The molecule has 0 aromatic rings. The number of carbonyl (C=O) groups is 1. The average Bonchev–Trinajstić information content (AvgIpc) is 2.70. The van der Waals surface area contributed by atoms with Crippen LogP contribution in [0.5, 0.6) is 0 Å². The van der Waals surface area contributed by atoms with Crippen molar-refractivity contribution in [2.75, 3.05) is 20.1 Å². The number of likely N-dealkylation sites (N-methyl/N-ethyl adjacent to an activating group) is 1. The predicted molar refractivity (Wildman–Crippen MR) is 90.2 cm³/mol. The molecule has 2 unspecified atom stereocenters. The molecule has 1 saturated heterocycles. The summed E-state index contributed by atoms with van der Waals surface area (Å²) in [7, 11) is 2.13. The van der Waals surface area contributed by atoms with Gasteiger partial charge in [-0.25, -0.2) is 0 Å². The molecule has 5 heteroatoms. The summed E-state index contributed by atoms with van der Waals surface area (Å²) in [6.45, 7) is 5.92. The van der Waals surface area contributed by atoms with Gasteiger partial charge in [0.05, 0.1) is 10.4 Å². The lowest BCUT2D eigenvalue weighted by Gasteiger charge is -2.45. The molecular weight excluding hydrogens is 282 g/mol. The van der Waals surface area contributed by atoms with Crippen LogP contribution in [-0.2, 0) is 4.79 Å². The lowest BCUT2D eigenvalue weighted by atomic mass is 9.78. The topological polar surface area (TPSA) is 49.6 Å². The van der Waals surface area contributed by atoms with Gasteiger partial charge in [-0.1, -0.05) is 37.9 Å². The van der Waals surface area contributed by atoms with E-state index < -0.39 is 5.41 Å². The van der Waals surface area contributed by atoms with E-state index in [1.165, 1.54) is 12.8 Å². The third-order valence-corrected chi connectivity index (χ3v) is 5.88. The van der Waals surface area contributed by atoms with Gasteiger partial charge in [-0.15, -0.1) is 0 Å². The van der Waals surface area contributed by atoms with Crippen LogP contribution >= 0.6 is 12.2 Å². The van der Waals surface area contributed by atoms with Gasteiger partial charge < -0.3 is 10.6 Å². The van der Waals surface area contributed by atoms with E-state index in [4.69, 9.17) is 18.0 Å². The van der Waals surface area contributed by atoms with E-state index in [1.807, 2.05) is 4.90 Å². The van der Waals surface area contributed by atoms with Crippen LogP contribution in [0.4, 0.5) is 0 Å². The first-order valence-corrected chi connectivity index (χ1v) is 8.60. The first kappa shape index (κ1) is 16.7. The maximum absolute atomic E-state index is 13.2. The summed E-state index contributed by atoms with van der Waals surface area (Å²) in [5.74, 6) is 0.184. The van der Waals surface area contributed by atoms with Gasteiger partial charge in [0.25, 0.3) is 0 Å².